The van der Waals surface area contributed by atoms with Crippen LogP contribution in [0.15, 0.2) is 24.3 Å². The third-order valence-electron chi connectivity index (χ3n) is 2.64. The lowest BCUT2D eigenvalue weighted by molar-refractivity contribution is -0.146. The van der Waals surface area contributed by atoms with E-state index in [-0.39, 0.29) is 0 Å². The summed E-state index contributed by atoms with van der Waals surface area (Å²) in [6.45, 7) is 3.04. The molecule has 1 aromatic carbocycles. The number of tetrazole rings is 1. The highest BCUT2D eigenvalue weighted by Gasteiger charge is 2.34. The van der Waals surface area contributed by atoms with Gasteiger partial charge in [-0.25, -0.2) is 9.48 Å². The van der Waals surface area contributed by atoms with Gasteiger partial charge in [-0.05, 0) is 36.4 Å². The van der Waals surface area contributed by atoms with Crippen LogP contribution in [0, 0.1) is 0 Å². The predicted octanol–water partition coefficient (Wildman–Crippen LogP) is 1.81. The minimum absolute atomic E-state index is 0.327. The number of aliphatic carboxylic acids is 1. The maximum absolute atomic E-state index is 11.2. The van der Waals surface area contributed by atoms with E-state index in [0.717, 1.165) is 0 Å². The Kier molecular flexibility index (Phi) is 3.04. The summed E-state index contributed by atoms with van der Waals surface area (Å²) < 4.78 is 1.25. The van der Waals surface area contributed by atoms with Crippen molar-refractivity contribution in [2.24, 2.45) is 0 Å². The Morgan fingerprint density at radius 3 is 2.67 bits per heavy atom. The Morgan fingerprint density at radius 2 is 2.06 bits per heavy atom. The van der Waals surface area contributed by atoms with Crippen molar-refractivity contribution in [3.05, 3.63) is 29.3 Å². The maximum Gasteiger partial charge on any atom is 0.331 e. The normalized spacial score (nSPS) is 11.5. The van der Waals surface area contributed by atoms with Crippen molar-refractivity contribution in [3.8, 4) is 11.4 Å². The molecule has 0 atom stereocenters. The van der Waals surface area contributed by atoms with E-state index in [1.54, 1.807) is 24.3 Å². The van der Waals surface area contributed by atoms with Crippen molar-refractivity contribution in [2.45, 2.75) is 19.4 Å². The monoisotopic (exact) mass is 266 g/mol. The van der Waals surface area contributed by atoms with Crippen LogP contribution in [0.5, 0.6) is 0 Å². The second-order valence-electron chi connectivity index (χ2n) is 4.26. The molecule has 0 saturated heterocycles. The molecule has 94 valence electrons. The van der Waals surface area contributed by atoms with Crippen LogP contribution in [0.25, 0.3) is 11.4 Å². The molecule has 2 aromatic rings. The molecule has 0 spiro atoms. The summed E-state index contributed by atoms with van der Waals surface area (Å²) in [6.07, 6.45) is 0. The highest BCUT2D eigenvalue weighted by molar-refractivity contribution is 6.33. The van der Waals surface area contributed by atoms with E-state index < -0.39 is 11.5 Å². The van der Waals surface area contributed by atoms with Crippen LogP contribution in [0.2, 0.25) is 5.02 Å². The molecule has 0 fully saturated rings. The van der Waals surface area contributed by atoms with E-state index >= 15 is 0 Å². The summed E-state index contributed by atoms with van der Waals surface area (Å²) >= 11 is 6.06. The van der Waals surface area contributed by atoms with Gasteiger partial charge in [0.15, 0.2) is 11.4 Å². The number of halogens is 1. The van der Waals surface area contributed by atoms with E-state index in [1.165, 1.54) is 18.5 Å². The van der Waals surface area contributed by atoms with Crippen molar-refractivity contribution in [3.63, 3.8) is 0 Å². The summed E-state index contributed by atoms with van der Waals surface area (Å²) in [7, 11) is 0. The molecule has 0 aliphatic heterocycles. The Morgan fingerprint density at radius 1 is 1.39 bits per heavy atom. The van der Waals surface area contributed by atoms with Crippen molar-refractivity contribution >= 4 is 17.6 Å². The second-order valence-corrected chi connectivity index (χ2v) is 4.67. The number of rotatable bonds is 3. The van der Waals surface area contributed by atoms with Gasteiger partial charge < -0.3 is 5.11 Å². The lowest BCUT2D eigenvalue weighted by Crippen LogP contribution is -2.37. The number of hydrogen-bond acceptors (Lipinski definition) is 4. The number of benzene rings is 1. The van der Waals surface area contributed by atoms with Crippen LogP contribution in [0.1, 0.15) is 13.8 Å². The first-order valence-corrected chi connectivity index (χ1v) is 5.59. The lowest BCUT2D eigenvalue weighted by Gasteiger charge is -2.20. The molecular weight excluding hydrogens is 256 g/mol. The fourth-order valence-corrected chi connectivity index (χ4v) is 1.68. The van der Waals surface area contributed by atoms with Gasteiger partial charge in [-0.1, -0.05) is 23.7 Å². The third-order valence-corrected chi connectivity index (χ3v) is 2.97. The maximum atomic E-state index is 11.2. The average molecular weight is 267 g/mol. The molecule has 18 heavy (non-hydrogen) atoms. The van der Waals surface area contributed by atoms with Gasteiger partial charge in [-0.15, -0.1) is 5.10 Å². The first-order valence-electron chi connectivity index (χ1n) is 5.21. The van der Waals surface area contributed by atoms with Crippen molar-refractivity contribution in [2.75, 3.05) is 0 Å². The second kappa shape index (κ2) is 4.38. The molecule has 0 radical (unpaired) electrons. The topological polar surface area (TPSA) is 80.9 Å². The van der Waals surface area contributed by atoms with Crippen LogP contribution in [-0.4, -0.2) is 31.3 Å². The minimum atomic E-state index is -1.25. The Hall–Kier alpha value is -1.95. The van der Waals surface area contributed by atoms with Gasteiger partial charge in [-0.2, -0.15) is 0 Å². The van der Waals surface area contributed by atoms with Gasteiger partial charge in [0, 0.05) is 5.56 Å². The van der Waals surface area contributed by atoms with E-state index in [1.807, 2.05) is 0 Å². The Bertz CT molecular complexity index is 594. The predicted molar refractivity (Wildman–Crippen MR) is 65.2 cm³/mol. The van der Waals surface area contributed by atoms with Crippen LogP contribution < -0.4 is 0 Å². The van der Waals surface area contributed by atoms with Gasteiger partial charge >= 0.3 is 5.97 Å². The molecule has 0 amide bonds. The molecule has 1 N–H and O–H groups in total. The minimum Gasteiger partial charge on any atom is -0.479 e. The van der Waals surface area contributed by atoms with Crippen molar-refractivity contribution < 1.29 is 9.90 Å². The van der Waals surface area contributed by atoms with Crippen molar-refractivity contribution in [1.82, 2.24) is 20.2 Å². The number of carboxylic acids is 1. The van der Waals surface area contributed by atoms with Gasteiger partial charge in [0.05, 0.1) is 5.02 Å². The number of carboxylic acid groups (broad SMARTS) is 1. The molecule has 0 unspecified atom stereocenters. The van der Waals surface area contributed by atoms with E-state index in [4.69, 9.17) is 11.6 Å². The van der Waals surface area contributed by atoms with Gasteiger partial charge in [-0.3, -0.25) is 0 Å². The third kappa shape index (κ3) is 1.95. The largest absolute Gasteiger partial charge is 0.479 e. The first kappa shape index (κ1) is 12.5. The van der Waals surface area contributed by atoms with Crippen molar-refractivity contribution in [1.29, 1.82) is 0 Å². The molecule has 0 aliphatic rings. The molecule has 0 aliphatic carbocycles. The molecule has 0 saturated carbocycles. The Labute approximate surface area is 108 Å². The highest BCUT2D eigenvalue weighted by Crippen LogP contribution is 2.28. The smallest absolute Gasteiger partial charge is 0.331 e. The van der Waals surface area contributed by atoms with E-state index in [2.05, 4.69) is 15.5 Å². The lowest BCUT2D eigenvalue weighted by atomic mass is 10.1. The number of hydrogen-bond donors (Lipinski definition) is 1. The molecule has 1 aromatic heterocycles. The highest BCUT2D eigenvalue weighted by atomic mass is 35.5. The van der Waals surface area contributed by atoms with Crippen LogP contribution in [0.3, 0.4) is 0 Å². The molecule has 0 bridgehead atoms. The molecule has 7 heteroatoms. The zero-order valence-electron chi connectivity index (χ0n) is 9.83. The fourth-order valence-electron chi connectivity index (χ4n) is 1.46. The number of nitrogens with zero attached hydrogens (tertiary/aromatic N) is 4. The quantitative estimate of drug-likeness (QED) is 0.916. The molecule has 1 heterocycles. The summed E-state index contributed by atoms with van der Waals surface area (Å²) in [4.78, 5) is 11.2. The van der Waals surface area contributed by atoms with Crippen LogP contribution >= 0.6 is 11.6 Å². The van der Waals surface area contributed by atoms with Crippen LogP contribution in [-0.2, 0) is 10.3 Å². The van der Waals surface area contributed by atoms with Gasteiger partial charge in [0.2, 0.25) is 0 Å². The Balaban J connectivity index is 2.60. The standard InChI is InChI=1S/C11H11ClN4O2/c1-11(2,10(17)18)16-9(13-14-15-16)7-5-3-4-6-8(7)12/h3-6H,1-2H3,(H,17,18). The van der Waals surface area contributed by atoms with Gasteiger partial charge in [0.25, 0.3) is 0 Å². The van der Waals surface area contributed by atoms with Gasteiger partial charge in [0.1, 0.15) is 0 Å². The zero-order valence-corrected chi connectivity index (χ0v) is 10.6. The number of aromatic nitrogens is 4. The zero-order chi connectivity index (χ0) is 13.3. The first-order chi connectivity index (χ1) is 8.44. The van der Waals surface area contributed by atoms with E-state index in [9.17, 15) is 9.90 Å². The fraction of sp³-hybridized carbons (Fsp3) is 0.273. The average Bonchev–Trinajstić information content (AvgIpc) is 2.78. The SMILES string of the molecule is CC(C)(C(=O)O)n1nnnc1-c1ccccc1Cl. The summed E-state index contributed by atoms with van der Waals surface area (Å²) in [6, 6.07) is 7.00. The van der Waals surface area contributed by atoms with E-state index in [0.29, 0.717) is 16.4 Å². The summed E-state index contributed by atoms with van der Waals surface area (Å²) in [5.41, 5.74) is -0.656. The molecule has 2 rings (SSSR count). The number of carbonyl (C=O) groups is 1. The summed E-state index contributed by atoms with van der Waals surface area (Å²) in [5.74, 6) is -0.698. The molecular formula is C11H11ClN4O2. The molecule has 6 nitrogen and oxygen atoms in total. The van der Waals surface area contributed by atoms with Crippen LogP contribution in [0.4, 0.5) is 0 Å². The summed E-state index contributed by atoms with van der Waals surface area (Å²) in [5, 5.41) is 20.8.